The third kappa shape index (κ3) is 1.40. The smallest absolute Gasteiger partial charge is 0.00144 e. The Morgan fingerprint density at radius 1 is 1.27 bits per heavy atom. The van der Waals surface area contributed by atoms with E-state index in [1.807, 2.05) is 0 Å². The molecule has 0 amide bonds. The van der Waals surface area contributed by atoms with E-state index in [4.69, 9.17) is 0 Å². The summed E-state index contributed by atoms with van der Waals surface area (Å²) in [6.45, 7) is 2.22. The fourth-order valence-electron chi connectivity index (χ4n) is 2.27. The highest BCUT2D eigenvalue weighted by atomic mass is 14.2. The van der Waals surface area contributed by atoms with E-state index in [0.29, 0.717) is 0 Å². The summed E-state index contributed by atoms with van der Waals surface area (Å²) in [6, 6.07) is 0. The van der Waals surface area contributed by atoms with Crippen LogP contribution in [0.25, 0.3) is 0 Å². The van der Waals surface area contributed by atoms with Crippen molar-refractivity contribution in [3.8, 4) is 0 Å². The van der Waals surface area contributed by atoms with Crippen molar-refractivity contribution in [2.45, 2.75) is 39.0 Å². The van der Waals surface area contributed by atoms with Crippen LogP contribution >= 0.6 is 0 Å². The largest absolute Gasteiger partial charge is 0.0744 e. The Morgan fingerprint density at radius 3 is 3.09 bits per heavy atom. The lowest BCUT2D eigenvalue weighted by molar-refractivity contribution is 0.646. The summed E-state index contributed by atoms with van der Waals surface area (Å²) in [7, 11) is 0. The van der Waals surface area contributed by atoms with Gasteiger partial charge in [0.25, 0.3) is 0 Å². The Bertz CT molecular complexity index is 208. The molecule has 0 aromatic heterocycles. The summed E-state index contributed by atoms with van der Waals surface area (Å²) in [4.78, 5) is 0. The molecule has 1 saturated carbocycles. The Labute approximate surface area is 69.0 Å². The Hall–Kier alpha value is -0.520. The van der Waals surface area contributed by atoms with E-state index in [1.165, 1.54) is 37.7 Å². The second kappa shape index (κ2) is 2.84. The lowest BCUT2D eigenvalue weighted by Gasteiger charge is -2.07. The quantitative estimate of drug-likeness (QED) is 0.493. The minimum atomic E-state index is 0.831. The third-order valence-corrected chi connectivity index (χ3v) is 2.83. The molecule has 0 radical (unpaired) electrons. The van der Waals surface area contributed by atoms with E-state index in [2.05, 4.69) is 19.1 Å². The fraction of sp³-hybridized carbons (Fsp3) is 0.636. The Morgan fingerprint density at radius 2 is 2.18 bits per heavy atom. The van der Waals surface area contributed by atoms with Crippen LogP contribution in [0, 0.1) is 5.92 Å². The maximum Gasteiger partial charge on any atom is -0.00144 e. The van der Waals surface area contributed by atoms with Gasteiger partial charge in [0.05, 0.1) is 0 Å². The molecule has 1 atom stereocenters. The molecule has 1 unspecified atom stereocenters. The highest BCUT2D eigenvalue weighted by Gasteiger charge is 2.18. The summed E-state index contributed by atoms with van der Waals surface area (Å²) in [6.07, 6.45) is 11.9. The molecule has 60 valence electrons. The monoisotopic (exact) mass is 148 g/mol. The summed E-state index contributed by atoms with van der Waals surface area (Å²) < 4.78 is 0. The van der Waals surface area contributed by atoms with E-state index < -0.39 is 0 Å². The van der Waals surface area contributed by atoms with E-state index in [-0.39, 0.29) is 0 Å². The minimum absolute atomic E-state index is 0.831. The van der Waals surface area contributed by atoms with Gasteiger partial charge in [0.15, 0.2) is 0 Å². The molecule has 2 aliphatic carbocycles. The van der Waals surface area contributed by atoms with Crippen LogP contribution in [0.5, 0.6) is 0 Å². The average molecular weight is 148 g/mol. The molecular formula is C11H16. The minimum Gasteiger partial charge on any atom is -0.0744 e. The van der Waals surface area contributed by atoms with Gasteiger partial charge in [0, 0.05) is 0 Å². The molecule has 0 heteroatoms. The van der Waals surface area contributed by atoms with Gasteiger partial charge >= 0.3 is 0 Å². The zero-order valence-corrected chi connectivity index (χ0v) is 7.27. The second-order valence-corrected chi connectivity index (χ2v) is 3.84. The van der Waals surface area contributed by atoms with Gasteiger partial charge in [-0.25, -0.2) is 0 Å². The van der Waals surface area contributed by atoms with E-state index in [9.17, 15) is 0 Å². The highest BCUT2D eigenvalue weighted by Crippen LogP contribution is 2.34. The number of fused-ring (bicyclic) bond motifs is 1. The summed E-state index contributed by atoms with van der Waals surface area (Å²) >= 11 is 0. The van der Waals surface area contributed by atoms with E-state index in [1.54, 1.807) is 5.57 Å². The maximum absolute atomic E-state index is 2.45. The van der Waals surface area contributed by atoms with Gasteiger partial charge in [-0.3, -0.25) is 0 Å². The summed E-state index contributed by atoms with van der Waals surface area (Å²) in [5.74, 6) is 0.831. The number of hydrogen-bond acceptors (Lipinski definition) is 0. The van der Waals surface area contributed by atoms with Crippen molar-refractivity contribution in [1.82, 2.24) is 0 Å². The van der Waals surface area contributed by atoms with Crippen LogP contribution in [0.2, 0.25) is 0 Å². The zero-order chi connectivity index (χ0) is 7.68. The van der Waals surface area contributed by atoms with Gasteiger partial charge in [-0.05, 0) is 32.1 Å². The van der Waals surface area contributed by atoms with Gasteiger partial charge in [-0.15, -0.1) is 0 Å². The third-order valence-electron chi connectivity index (χ3n) is 2.83. The van der Waals surface area contributed by atoms with Crippen LogP contribution in [-0.4, -0.2) is 0 Å². The van der Waals surface area contributed by atoms with Crippen molar-refractivity contribution < 1.29 is 0 Å². The first-order valence-corrected chi connectivity index (χ1v) is 4.75. The molecule has 0 N–H and O–H groups in total. The van der Waals surface area contributed by atoms with Crippen molar-refractivity contribution >= 4 is 0 Å². The highest BCUT2D eigenvalue weighted by molar-refractivity contribution is 5.34. The molecule has 0 aliphatic heterocycles. The number of hydrogen-bond donors (Lipinski definition) is 0. The topological polar surface area (TPSA) is 0 Å². The normalized spacial score (nSPS) is 30.5. The van der Waals surface area contributed by atoms with Crippen molar-refractivity contribution in [3.63, 3.8) is 0 Å². The first-order chi connectivity index (χ1) is 5.36. The summed E-state index contributed by atoms with van der Waals surface area (Å²) in [5.41, 5.74) is 3.20. The Kier molecular flexibility index (Phi) is 1.85. The lowest BCUT2D eigenvalue weighted by Crippen LogP contribution is -1.93. The molecule has 0 nitrogen and oxygen atoms in total. The van der Waals surface area contributed by atoms with Crippen molar-refractivity contribution in [2.24, 2.45) is 5.92 Å². The molecule has 0 aromatic rings. The second-order valence-electron chi connectivity index (χ2n) is 3.84. The van der Waals surface area contributed by atoms with Gasteiger partial charge < -0.3 is 0 Å². The number of allylic oxidation sites excluding steroid dienone is 4. The maximum atomic E-state index is 2.45. The van der Waals surface area contributed by atoms with E-state index in [0.717, 1.165) is 5.92 Å². The van der Waals surface area contributed by atoms with Crippen molar-refractivity contribution in [2.75, 3.05) is 0 Å². The van der Waals surface area contributed by atoms with Crippen LogP contribution in [0.4, 0.5) is 0 Å². The standard InChI is InChI=1S/C11H16/c1-9-7-10-5-3-2-4-6-11(10)8-9/h7-8,10H,2-6H2,1H3. The first-order valence-electron chi connectivity index (χ1n) is 4.75. The molecule has 1 fully saturated rings. The van der Waals surface area contributed by atoms with Gasteiger partial charge in [0.1, 0.15) is 0 Å². The summed E-state index contributed by atoms with van der Waals surface area (Å²) in [5, 5.41) is 0. The van der Waals surface area contributed by atoms with Crippen LogP contribution < -0.4 is 0 Å². The predicted molar refractivity (Wildman–Crippen MR) is 48.4 cm³/mol. The molecule has 2 aliphatic rings. The molecule has 0 spiro atoms. The fourth-order valence-corrected chi connectivity index (χ4v) is 2.27. The van der Waals surface area contributed by atoms with Gasteiger partial charge in [0.2, 0.25) is 0 Å². The van der Waals surface area contributed by atoms with Crippen molar-refractivity contribution in [1.29, 1.82) is 0 Å². The van der Waals surface area contributed by atoms with Crippen molar-refractivity contribution in [3.05, 3.63) is 23.3 Å². The molecule has 11 heavy (non-hydrogen) atoms. The molecule has 0 saturated heterocycles. The van der Waals surface area contributed by atoms with Gasteiger partial charge in [-0.2, -0.15) is 0 Å². The number of rotatable bonds is 0. The zero-order valence-electron chi connectivity index (χ0n) is 7.27. The Balaban J connectivity index is 2.15. The lowest BCUT2D eigenvalue weighted by atomic mass is 9.98. The molecule has 0 heterocycles. The predicted octanol–water partition coefficient (Wildman–Crippen LogP) is 3.45. The molecule has 0 bridgehead atoms. The van der Waals surface area contributed by atoms with Gasteiger partial charge in [-0.1, -0.05) is 36.1 Å². The SMILES string of the molecule is CC1=CC2CCCCCC2=C1. The average Bonchev–Trinajstić information content (AvgIpc) is 2.17. The molecule has 0 aromatic carbocycles. The van der Waals surface area contributed by atoms with E-state index >= 15 is 0 Å². The van der Waals surface area contributed by atoms with Crippen LogP contribution in [0.15, 0.2) is 23.3 Å². The molecule has 2 rings (SSSR count). The van der Waals surface area contributed by atoms with Crippen LogP contribution in [0.3, 0.4) is 0 Å². The van der Waals surface area contributed by atoms with Crippen LogP contribution in [0.1, 0.15) is 39.0 Å². The van der Waals surface area contributed by atoms with Crippen LogP contribution in [-0.2, 0) is 0 Å². The first kappa shape index (κ1) is 7.15. The molecular weight excluding hydrogens is 132 g/mol.